The fourth-order valence-corrected chi connectivity index (χ4v) is 1.84. The number of nitrogens with zero attached hydrogens (tertiary/aromatic N) is 1. The molecule has 1 heterocycles. The van der Waals surface area contributed by atoms with Crippen LogP contribution in [0.15, 0.2) is 18.2 Å². The molecule has 0 spiro atoms. The minimum absolute atomic E-state index is 0.220. The van der Waals surface area contributed by atoms with E-state index in [4.69, 9.17) is 0 Å². The lowest BCUT2D eigenvalue weighted by atomic mass is 10.1. The maximum atomic E-state index is 13.0. The van der Waals surface area contributed by atoms with E-state index in [9.17, 15) is 4.39 Å². The van der Waals surface area contributed by atoms with E-state index >= 15 is 0 Å². The Labute approximate surface area is 102 Å². The Bertz CT molecular complexity index is 439. The van der Waals surface area contributed by atoms with Crippen molar-refractivity contribution in [2.75, 3.05) is 32.7 Å². The van der Waals surface area contributed by atoms with Gasteiger partial charge in [0.2, 0.25) is 0 Å². The van der Waals surface area contributed by atoms with Crippen LogP contribution in [0.25, 0.3) is 0 Å². The topological polar surface area (TPSA) is 15.3 Å². The predicted molar refractivity (Wildman–Crippen MR) is 67.3 cm³/mol. The van der Waals surface area contributed by atoms with Gasteiger partial charge < -0.3 is 5.32 Å². The molecule has 1 N–H and O–H groups in total. The maximum absolute atomic E-state index is 13.0. The van der Waals surface area contributed by atoms with Crippen LogP contribution in [0.4, 0.5) is 4.39 Å². The number of rotatable bonds is 1. The molecule has 0 aromatic heterocycles. The van der Waals surface area contributed by atoms with Crippen LogP contribution in [0.2, 0.25) is 0 Å². The Kier molecular flexibility index (Phi) is 4.13. The van der Waals surface area contributed by atoms with Crippen LogP contribution in [0, 0.1) is 24.6 Å². The summed E-state index contributed by atoms with van der Waals surface area (Å²) in [6.07, 6.45) is 0. The fourth-order valence-electron chi connectivity index (χ4n) is 1.84. The molecule has 0 amide bonds. The number of piperazine rings is 1. The van der Waals surface area contributed by atoms with E-state index in [-0.39, 0.29) is 5.82 Å². The summed E-state index contributed by atoms with van der Waals surface area (Å²) in [6, 6.07) is 4.74. The maximum Gasteiger partial charge on any atom is 0.124 e. The van der Waals surface area contributed by atoms with Crippen LogP contribution in [0.5, 0.6) is 0 Å². The van der Waals surface area contributed by atoms with E-state index in [2.05, 4.69) is 22.1 Å². The average Bonchev–Trinajstić information content (AvgIpc) is 2.35. The molecule has 1 aliphatic rings. The van der Waals surface area contributed by atoms with Crippen molar-refractivity contribution in [3.63, 3.8) is 0 Å². The van der Waals surface area contributed by atoms with Gasteiger partial charge in [-0.15, -0.1) is 0 Å². The van der Waals surface area contributed by atoms with Crippen LogP contribution < -0.4 is 5.32 Å². The first-order valence-electron chi connectivity index (χ1n) is 5.94. The minimum atomic E-state index is -0.220. The Balaban J connectivity index is 1.98. The Morgan fingerprint density at radius 1 is 1.35 bits per heavy atom. The van der Waals surface area contributed by atoms with Gasteiger partial charge in [-0.1, -0.05) is 17.9 Å². The van der Waals surface area contributed by atoms with E-state index in [0.29, 0.717) is 0 Å². The van der Waals surface area contributed by atoms with E-state index in [0.717, 1.165) is 43.9 Å². The molecule has 17 heavy (non-hydrogen) atoms. The average molecular weight is 232 g/mol. The standard InChI is InChI=1S/C14H17FN2/c1-12-4-5-14(15)11-13(12)3-2-8-17-9-6-16-7-10-17/h4-5,11,16H,6-10H2,1H3. The summed E-state index contributed by atoms with van der Waals surface area (Å²) >= 11 is 0. The summed E-state index contributed by atoms with van der Waals surface area (Å²) < 4.78 is 13.0. The van der Waals surface area contributed by atoms with Gasteiger partial charge in [0, 0.05) is 31.7 Å². The van der Waals surface area contributed by atoms with Gasteiger partial charge in [0.15, 0.2) is 0 Å². The molecular weight excluding hydrogens is 215 g/mol. The molecule has 0 saturated carbocycles. The molecule has 0 atom stereocenters. The summed E-state index contributed by atoms with van der Waals surface area (Å²) in [7, 11) is 0. The molecule has 0 bridgehead atoms. The van der Waals surface area contributed by atoms with Crippen molar-refractivity contribution >= 4 is 0 Å². The molecule has 1 aliphatic heterocycles. The highest BCUT2D eigenvalue weighted by Gasteiger charge is 2.06. The van der Waals surface area contributed by atoms with Crippen LogP contribution in [-0.2, 0) is 0 Å². The molecule has 0 unspecified atom stereocenters. The van der Waals surface area contributed by atoms with Crippen LogP contribution in [0.1, 0.15) is 11.1 Å². The molecule has 3 heteroatoms. The van der Waals surface area contributed by atoms with Crippen molar-refractivity contribution < 1.29 is 4.39 Å². The largest absolute Gasteiger partial charge is 0.314 e. The molecule has 1 saturated heterocycles. The molecule has 2 nitrogen and oxygen atoms in total. The second kappa shape index (κ2) is 5.81. The Morgan fingerprint density at radius 3 is 2.88 bits per heavy atom. The van der Waals surface area contributed by atoms with E-state index in [1.807, 2.05) is 6.92 Å². The molecule has 1 fully saturated rings. The van der Waals surface area contributed by atoms with Gasteiger partial charge in [0.05, 0.1) is 6.54 Å². The lowest BCUT2D eigenvalue weighted by molar-refractivity contribution is 0.268. The zero-order valence-electron chi connectivity index (χ0n) is 10.1. The molecule has 1 aromatic rings. The summed E-state index contributed by atoms with van der Waals surface area (Å²) in [5.41, 5.74) is 1.82. The first-order valence-corrected chi connectivity index (χ1v) is 5.94. The highest BCUT2D eigenvalue weighted by molar-refractivity contribution is 5.41. The minimum Gasteiger partial charge on any atom is -0.314 e. The third-order valence-electron chi connectivity index (χ3n) is 2.93. The van der Waals surface area contributed by atoms with Crippen molar-refractivity contribution in [1.29, 1.82) is 0 Å². The Morgan fingerprint density at radius 2 is 2.12 bits per heavy atom. The van der Waals surface area contributed by atoms with Gasteiger partial charge >= 0.3 is 0 Å². The van der Waals surface area contributed by atoms with Gasteiger partial charge in [-0.3, -0.25) is 4.90 Å². The highest BCUT2D eigenvalue weighted by Crippen LogP contribution is 2.08. The van der Waals surface area contributed by atoms with Crippen LogP contribution in [-0.4, -0.2) is 37.6 Å². The molecule has 0 aliphatic carbocycles. The van der Waals surface area contributed by atoms with Gasteiger partial charge in [0.1, 0.15) is 5.82 Å². The predicted octanol–water partition coefficient (Wildman–Crippen LogP) is 1.39. The SMILES string of the molecule is Cc1ccc(F)cc1C#CCN1CCNCC1. The first kappa shape index (κ1) is 12.1. The smallest absolute Gasteiger partial charge is 0.124 e. The summed E-state index contributed by atoms with van der Waals surface area (Å²) in [5, 5.41) is 3.30. The molecule has 1 aromatic carbocycles. The molecular formula is C14H17FN2. The second-order valence-corrected chi connectivity index (χ2v) is 4.29. The summed E-state index contributed by atoms with van der Waals surface area (Å²) in [5.74, 6) is 5.95. The van der Waals surface area contributed by atoms with E-state index in [1.54, 1.807) is 6.07 Å². The number of halogens is 1. The van der Waals surface area contributed by atoms with Gasteiger partial charge in [-0.05, 0) is 24.6 Å². The zero-order chi connectivity index (χ0) is 12.1. The second-order valence-electron chi connectivity index (χ2n) is 4.29. The monoisotopic (exact) mass is 232 g/mol. The van der Waals surface area contributed by atoms with E-state index in [1.165, 1.54) is 12.1 Å². The third kappa shape index (κ3) is 3.55. The third-order valence-corrected chi connectivity index (χ3v) is 2.93. The quantitative estimate of drug-likeness (QED) is 0.736. The number of nitrogens with one attached hydrogen (secondary N) is 1. The van der Waals surface area contributed by atoms with Crippen LogP contribution >= 0.6 is 0 Å². The first-order chi connectivity index (χ1) is 8.25. The van der Waals surface area contributed by atoms with Crippen LogP contribution in [0.3, 0.4) is 0 Å². The van der Waals surface area contributed by atoms with Crippen molar-refractivity contribution in [2.24, 2.45) is 0 Å². The normalized spacial score (nSPS) is 16.4. The molecule has 0 radical (unpaired) electrons. The van der Waals surface area contributed by atoms with Crippen molar-refractivity contribution in [2.45, 2.75) is 6.92 Å². The Hall–Kier alpha value is -1.37. The van der Waals surface area contributed by atoms with Crippen molar-refractivity contribution in [3.8, 4) is 11.8 Å². The van der Waals surface area contributed by atoms with Gasteiger partial charge in [0.25, 0.3) is 0 Å². The zero-order valence-corrected chi connectivity index (χ0v) is 10.1. The van der Waals surface area contributed by atoms with Crippen molar-refractivity contribution in [1.82, 2.24) is 10.2 Å². The summed E-state index contributed by atoms with van der Waals surface area (Å²) in [6.45, 7) is 6.85. The van der Waals surface area contributed by atoms with Gasteiger partial charge in [-0.25, -0.2) is 4.39 Å². The van der Waals surface area contributed by atoms with E-state index < -0.39 is 0 Å². The van der Waals surface area contributed by atoms with Gasteiger partial charge in [-0.2, -0.15) is 0 Å². The number of benzene rings is 1. The molecule has 90 valence electrons. The van der Waals surface area contributed by atoms with Crippen molar-refractivity contribution in [3.05, 3.63) is 35.1 Å². The highest BCUT2D eigenvalue weighted by atomic mass is 19.1. The summed E-state index contributed by atoms with van der Waals surface area (Å²) in [4.78, 5) is 2.30. The lowest BCUT2D eigenvalue weighted by Gasteiger charge is -2.24. The number of hydrogen-bond acceptors (Lipinski definition) is 2. The number of hydrogen-bond donors (Lipinski definition) is 1. The fraction of sp³-hybridized carbons (Fsp3) is 0.429. The number of aryl methyl sites for hydroxylation is 1. The lowest BCUT2D eigenvalue weighted by Crippen LogP contribution is -2.43. The molecule has 2 rings (SSSR count).